The third-order valence-corrected chi connectivity index (χ3v) is 5.53. The van der Waals surface area contributed by atoms with Gasteiger partial charge in [0.1, 0.15) is 11.6 Å². The molecule has 0 radical (unpaired) electrons. The lowest BCUT2D eigenvalue weighted by Gasteiger charge is -2.30. The number of carbonyl (C=O) groups is 1. The van der Waals surface area contributed by atoms with Gasteiger partial charge in [-0.2, -0.15) is 0 Å². The van der Waals surface area contributed by atoms with Crippen molar-refractivity contribution in [3.05, 3.63) is 29.3 Å². The summed E-state index contributed by atoms with van der Waals surface area (Å²) in [5, 5.41) is 3.06. The van der Waals surface area contributed by atoms with Crippen molar-refractivity contribution in [3.63, 3.8) is 0 Å². The van der Waals surface area contributed by atoms with Crippen LogP contribution in [-0.4, -0.2) is 62.2 Å². The molecule has 3 rings (SSSR count). The number of amides is 1. The van der Waals surface area contributed by atoms with Gasteiger partial charge in [0.2, 0.25) is 5.71 Å². The van der Waals surface area contributed by atoms with Crippen LogP contribution in [0.25, 0.3) is 0 Å². The highest BCUT2D eigenvalue weighted by atomic mass is 19.1. The van der Waals surface area contributed by atoms with Crippen LogP contribution in [0.2, 0.25) is 0 Å². The quantitative estimate of drug-likeness (QED) is 0.687. The van der Waals surface area contributed by atoms with Gasteiger partial charge in [0, 0.05) is 70.6 Å². The summed E-state index contributed by atoms with van der Waals surface area (Å²) >= 11 is 0. The summed E-state index contributed by atoms with van der Waals surface area (Å²) in [5.74, 6) is -0.901. The van der Waals surface area contributed by atoms with Crippen LogP contribution < -0.4 is 10.1 Å². The molecule has 1 aromatic carbocycles. The van der Waals surface area contributed by atoms with E-state index in [0.29, 0.717) is 39.0 Å². The maximum atomic E-state index is 14.4. The zero-order valence-electron chi connectivity index (χ0n) is 18.5. The molecule has 0 aromatic heterocycles. The second-order valence-electron chi connectivity index (χ2n) is 8.26. The number of benzene rings is 1. The maximum Gasteiger partial charge on any atom is 0.410 e. The first-order valence-electron chi connectivity index (χ1n) is 10.8. The standard InChI is InChI=1S/C22H31F2N3O4/c1-15(2)30-22(28)27-10-6-18(7-11-27)31-25-17-4-8-26(9-5-17)21-13-19(23)16(14-29-3)12-20(21)24/h12-13,15,18H,4-11,14H2,1-3H3/p+1. The van der Waals surface area contributed by atoms with Crippen molar-refractivity contribution in [2.75, 3.05) is 38.2 Å². The monoisotopic (exact) mass is 440 g/mol. The Hall–Kier alpha value is -2.42. The summed E-state index contributed by atoms with van der Waals surface area (Å²) < 4.78 is 38.7. The fourth-order valence-electron chi connectivity index (χ4n) is 3.80. The number of likely N-dealkylation sites (tertiary alicyclic amines) is 1. The van der Waals surface area contributed by atoms with E-state index >= 15 is 0 Å². The fourth-order valence-corrected chi connectivity index (χ4v) is 3.80. The molecule has 31 heavy (non-hydrogen) atoms. The van der Waals surface area contributed by atoms with Crippen molar-refractivity contribution in [3.8, 4) is 0 Å². The molecule has 2 saturated heterocycles. The number of nitrogens with zero attached hydrogens (tertiary/aromatic N) is 2. The zero-order chi connectivity index (χ0) is 22.4. The van der Waals surface area contributed by atoms with Gasteiger partial charge in [0.15, 0.2) is 6.10 Å². The first-order valence-corrected chi connectivity index (χ1v) is 10.8. The Labute approximate surface area is 181 Å². The van der Waals surface area contributed by atoms with Gasteiger partial charge in [0.25, 0.3) is 0 Å². The molecule has 0 spiro atoms. The summed E-state index contributed by atoms with van der Waals surface area (Å²) in [7, 11) is 1.45. The van der Waals surface area contributed by atoms with E-state index in [1.165, 1.54) is 19.2 Å². The summed E-state index contributed by atoms with van der Waals surface area (Å²) in [4.78, 5) is 21.3. The van der Waals surface area contributed by atoms with Crippen LogP contribution in [0.4, 0.5) is 19.3 Å². The number of carbonyl (C=O) groups excluding carboxylic acids is 1. The molecule has 0 unspecified atom stereocenters. The van der Waals surface area contributed by atoms with E-state index in [9.17, 15) is 13.6 Å². The first kappa shape index (κ1) is 23.2. The van der Waals surface area contributed by atoms with Gasteiger partial charge in [-0.05, 0) is 25.1 Å². The zero-order valence-corrected chi connectivity index (χ0v) is 18.5. The molecular formula is C22H32F2N3O4+. The topological polar surface area (TPSA) is 65.2 Å². The molecule has 2 aliphatic heterocycles. The van der Waals surface area contributed by atoms with Gasteiger partial charge < -0.3 is 19.3 Å². The molecule has 172 valence electrons. The molecule has 1 amide bonds. The number of anilines is 1. The summed E-state index contributed by atoms with van der Waals surface area (Å²) in [6, 6.07) is 2.45. The Bertz CT molecular complexity index is 785. The Kier molecular flexibility index (Phi) is 8.06. The second-order valence-corrected chi connectivity index (χ2v) is 8.26. The predicted octanol–water partition coefficient (Wildman–Crippen LogP) is 2.17. The molecular weight excluding hydrogens is 408 g/mol. The number of ether oxygens (including phenoxy) is 2. The normalized spacial score (nSPS) is 17.8. The van der Waals surface area contributed by atoms with Crippen LogP contribution in [0, 0.1) is 11.6 Å². The van der Waals surface area contributed by atoms with Crippen LogP contribution in [0.3, 0.4) is 0 Å². The van der Waals surface area contributed by atoms with Crippen LogP contribution in [0.1, 0.15) is 45.1 Å². The van der Waals surface area contributed by atoms with Gasteiger partial charge in [-0.1, -0.05) is 0 Å². The molecule has 9 heteroatoms. The average molecular weight is 441 g/mol. The fraction of sp³-hybridized carbons (Fsp3) is 0.636. The van der Waals surface area contributed by atoms with Crippen molar-refractivity contribution in [2.24, 2.45) is 0 Å². The minimum Gasteiger partial charge on any atom is -0.447 e. The highest BCUT2D eigenvalue weighted by Gasteiger charge is 2.28. The van der Waals surface area contributed by atoms with Gasteiger partial charge >= 0.3 is 6.09 Å². The van der Waals surface area contributed by atoms with Crippen molar-refractivity contribution in [1.82, 2.24) is 4.90 Å². The van der Waals surface area contributed by atoms with E-state index in [0.717, 1.165) is 18.6 Å². The number of nitrogens with one attached hydrogen (secondary N) is 1. The van der Waals surface area contributed by atoms with Crippen LogP contribution >= 0.6 is 0 Å². The minimum atomic E-state index is -0.460. The Morgan fingerprint density at radius 3 is 2.42 bits per heavy atom. The smallest absolute Gasteiger partial charge is 0.410 e. The molecule has 0 atom stereocenters. The van der Waals surface area contributed by atoms with E-state index in [1.54, 1.807) is 4.90 Å². The molecule has 0 aliphatic carbocycles. The molecule has 1 aromatic rings. The summed E-state index contributed by atoms with van der Waals surface area (Å²) in [6.45, 7) is 6.06. The van der Waals surface area contributed by atoms with Crippen molar-refractivity contribution < 1.29 is 33.0 Å². The molecule has 0 bridgehead atoms. The lowest BCUT2D eigenvalue weighted by atomic mass is 10.1. The summed E-state index contributed by atoms with van der Waals surface area (Å²) in [6.07, 6.45) is 2.45. The molecule has 0 saturated carbocycles. The van der Waals surface area contributed by atoms with E-state index in [2.05, 4.69) is 5.16 Å². The second kappa shape index (κ2) is 10.7. The molecule has 2 heterocycles. The van der Waals surface area contributed by atoms with Crippen LogP contribution in [0.5, 0.6) is 0 Å². The van der Waals surface area contributed by atoms with E-state index < -0.39 is 11.6 Å². The number of methoxy groups -OCH3 is 1. The van der Waals surface area contributed by atoms with Crippen molar-refractivity contribution >= 4 is 17.5 Å². The molecule has 7 nitrogen and oxygen atoms in total. The van der Waals surface area contributed by atoms with Gasteiger partial charge in [-0.3, -0.25) is 4.84 Å². The van der Waals surface area contributed by atoms with Gasteiger partial charge in [0.05, 0.1) is 18.4 Å². The SMILES string of the molecule is COCc1cc(F)c(N2CCC(=[NH+]OC3CCN(C(=O)OC(C)C)CC3)CC2)cc1F. The van der Waals surface area contributed by atoms with Crippen molar-refractivity contribution in [1.29, 1.82) is 0 Å². The van der Waals surface area contributed by atoms with Gasteiger partial charge in [-0.15, -0.1) is 0 Å². The van der Waals surface area contributed by atoms with E-state index in [1.807, 2.05) is 18.7 Å². The lowest BCUT2D eigenvalue weighted by Crippen LogP contribution is -2.75. The lowest BCUT2D eigenvalue weighted by molar-refractivity contribution is -0.766. The number of piperidine rings is 2. The van der Waals surface area contributed by atoms with Crippen LogP contribution in [-0.2, 0) is 20.9 Å². The Morgan fingerprint density at radius 1 is 1.13 bits per heavy atom. The Balaban J connectivity index is 1.46. The van der Waals surface area contributed by atoms with Gasteiger partial charge in [-0.25, -0.2) is 13.6 Å². The number of hydrogen-bond donors (Lipinski definition) is 1. The number of halogens is 2. The summed E-state index contributed by atoms with van der Waals surface area (Å²) in [5.41, 5.74) is 1.53. The van der Waals surface area contributed by atoms with Crippen molar-refractivity contribution in [2.45, 2.75) is 58.3 Å². The van der Waals surface area contributed by atoms with Crippen LogP contribution in [0.15, 0.2) is 12.1 Å². The average Bonchev–Trinajstić information content (AvgIpc) is 2.75. The Morgan fingerprint density at radius 2 is 1.81 bits per heavy atom. The number of hydrogen-bond acceptors (Lipinski definition) is 5. The third kappa shape index (κ3) is 6.29. The number of rotatable bonds is 6. The molecule has 2 aliphatic rings. The third-order valence-electron chi connectivity index (χ3n) is 5.53. The highest BCUT2D eigenvalue weighted by Crippen LogP contribution is 2.25. The largest absolute Gasteiger partial charge is 0.447 e. The minimum absolute atomic E-state index is 0.0218. The molecule has 1 N–H and O–H groups in total. The van der Waals surface area contributed by atoms with E-state index in [-0.39, 0.29) is 36.2 Å². The highest BCUT2D eigenvalue weighted by molar-refractivity contribution is 5.81. The molecule has 2 fully saturated rings. The maximum absolute atomic E-state index is 14.4. The van der Waals surface area contributed by atoms with E-state index in [4.69, 9.17) is 14.3 Å². The first-order chi connectivity index (χ1) is 14.9. The predicted molar refractivity (Wildman–Crippen MR) is 112 cm³/mol.